The average Bonchev–Trinajstić information content (AvgIpc) is 3.11. The molecule has 3 nitrogen and oxygen atoms in total. The summed E-state index contributed by atoms with van der Waals surface area (Å²) in [5, 5.41) is 4.63. The molecule has 1 unspecified atom stereocenters. The first kappa shape index (κ1) is 14.0. The topological polar surface area (TPSA) is 34.1 Å². The van der Waals surface area contributed by atoms with Gasteiger partial charge in [-0.15, -0.1) is 11.3 Å². The Morgan fingerprint density at radius 3 is 2.83 bits per heavy atom. The highest BCUT2D eigenvalue weighted by atomic mass is 32.1. The Labute approximate surface area is 114 Å². The van der Waals surface area contributed by atoms with Crippen molar-refractivity contribution < 1.29 is 4.74 Å². The lowest BCUT2D eigenvalue weighted by atomic mass is 10.2. The molecule has 1 N–H and O–H groups in total. The van der Waals surface area contributed by atoms with Crippen molar-refractivity contribution in [2.24, 2.45) is 0 Å². The number of ether oxygens (including phenoxy) is 1. The third-order valence-corrected chi connectivity index (χ3v) is 4.42. The molecule has 0 amide bonds. The summed E-state index contributed by atoms with van der Waals surface area (Å²) in [6, 6.07) is 0. The summed E-state index contributed by atoms with van der Waals surface area (Å²) in [4.78, 5) is 6.25. The van der Waals surface area contributed by atoms with Crippen molar-refractivity contribution in [2.75, 3.05) is 13.2 Å². The number of nitrogens with one attached hydrogen (secondary N) is 1. The molecular formula is C14H24N2OS. The Bertz CT molecular complexity index is 374. The van der Waals surface area contributed by atoms with E-state index >= 15 is 0 Å². The number of nitrogens with zero attached hydrogens (tertiary/aromatic N) is 1. The zero-order valence-electron chi connectivity index (χ0n) is 11.7. The third-order valence-electron chi connectivity index (χ3n) is 3.18. The van der Waals surface area contributed by atoms with Gasteiger partial charge < -0.3 is 10.1 Å². The molecule has 0 radical (unpaired) electrons. The van der Waals surface area contributed by atoms with Gasteiger partial charge in [0, 0.05) is 23.9 Å². The molecule has 1 saturated carbocycles. The Balaban J connectivity index is 2.05. The first-order chi connectivity index (χ1) is 8.76. The lowest BCUT2D eigenvalue weighted by molar-refractivity contribution is 0.0761. The van der Waals surface area contributed by atoms with Crippen LogP contribution in [-0.4, -0.2) is 18.1 Å². The number of aromatic nitrogens is 1. The minimum atomic E-state index is 0.137. The molecule has 18 heavy (non-hydrogen) atoms. The Kier molecular flexibility index (Phi) is 5.15. The van der Waals surface area contributed by atoms with Crippen LogP contribution in [0.25, 0.3) is 0 Å². The van der Waals surface area contributed by atoms with Crippen LogP contribution in [0.15, 0.2) is 0 Å². The van der Waals surface area contributed by atoms with Crippen LogP contribution in [0.4, 0.5) is 0 Å². The van der Waals surface area contributed by atoms with E-state index in [4.69, 9.17) is 9.72 Å². The number of hydrogen-bond donors (Lipinski definition) is 1. The van der Waals surface area contributed by atoms with E-state index in [0.29, 0.717) is 0 Å². The molecule has 102 valence electrons. The summed E-state index contributed by atoms with van der Waals surface area (Å²) >= 11 is 1.83. The van der Waals surface area contributed by atoms with Gasteiger partial charge in [-0.25, -0.2) is 4.98 Å². The van der Waals surface area contributed by atoms with Crippen LogP contribution in [-0.2, 0) is 11.3 Å². The van der Waals surface area contributed by atoms with Gasteiger partial charge in [-0.1, -0.05) is 6.92 Å². The summed E-state index contributed by atoms with van der Waals surface area (Å²) in [5.74, 6) is 0.724. The van der Waals surface area contributed by atoms with Crippen molar-refractivity contribution in [3.05, 3.63) is 15.6 Å². The van der Waals surface area contributed by atoms with Gasteiger partial charge in [0.2, 0.25) is 0 Å². The molecule has 2 rings (SSSR count). The largest absolute Gasteiger partial charge is 0.372 e. The van der Waals surface area contributed by atoms with Crippen LogP contribution in [0, 0.1) is 0 Å². The second kappa shape index (κ2) is 6.64. The second-order valence-electron chi connectivity index (χ2n) is 4.91. The number of rotatable bonds is 8. The van der Waals surface area contributed by atoms with Gasteiger partial charge in [0.05, 0.1) is 5.69 Å². The Morgan fingerprint density at radius 1 is 1.44 bits per heavy atom. The molecule has 1 heterocycles. The SMILES string of the molecule is CCCNCc1sc(C(C)OCC)nc1C1CC1. The van der Waals surface area contributed by atoms with E-state index in [9.17, 15) is 0 Å². The first-order valence-electron chi connectivity index (χ1n) is 7.08. The fourth-order valence-corrected chi connectivity index (χ4v) is 3.18. The predicted octanol–water partition coefficient (Wildman–Crippen LogP) is 3.62. The highest BCUT2D eigenvalue weighted by molar-refractivity contribution is 7.11. The molecule has 1 aromatic rings. The highest BCUT2D eigenvalue weighted by Gasteiger charge is 2.30. The van der Waals surface area contributed by atoms with E-state index in [1.165, 1.54) is 29.8 Å². The number of hydrogen-bond acceptors (Lipinski definition) is 4. The van der Waals surface area contributed by atoms with Gasteiger partial charge in [0.15, 0.2) is 0 Å². The van der Waals surface area contributed by atoms with Crippen molar-refractivity contribution in [2.45, 2.75) is 58.6 Å². The standard InChI is InChI=1S/C14H24N2OS/c1-4-8-15-9-12-13(11-6-7-11)16-14(18-12)10(3)17-5-2/h10-11,15H,4-9H2,1-3H3. The minimum Gasteiger partial charge on any atom is -0.372 e. The van der Waals surface area contributed by atoms with Crippen LogP contribution < -0.4 is 5.32 Å². The van der Waals surface area contributed by atoms with Gasteiger partial charge >= 0.3 is 0 Å². The first-order valence-corrected chi connectivity index (χ1v) is 7.89. The van der Waals surface area contributed by atoms with E-state index in [2.05, 4.69) is 19.2 Å². The molecule has 1 fully saturated rings. The van der Waals surface area contributed by atoms with Crippen LogP contribution in [0.2, 0.25) is 0 Å². The van der Waals surface area contributed by atoms with Crippen molar-refractivity contribution in [1.29, 1.82) is 0 Å². The molecule has 0 saturated heterocycles. The van der Waals surface area contributed by atoms with Gasteiger partial charge in [0.1, 0.15) is 11.1 Å². The van der Waals surface area contributed by atoms with Gasteiger partial charge in [-0.2, -0.15) is 0 Å². The molecule has 1 aromatic heterocycles. The molecule has 0 aromatic carbocycles. The van der Waals surface area contributed by atoms with Crippen molar-refractivity contribution in [3.8, 4) is 0 Å². The highest BCUT2D eigenvalue weighted by Crippen LogP contribution is 2.43. The molecule has 1 aliphatic rings. The van der Waals surface area contributed by atoms with Gasteiger partial charge in [-0.3, -0.25) is 0 Å². The smallest absolute Gasteiger partial charge is 0.122 e. The van der Waals surface area contributed by atoms with Crippen molar-refractivity contribution in [1.82, 2.24) is 10.3 Å². The van der Waals surface area contributed by atoms with E-state index < -0.39 is 0 Å². The normalized spacial score (nSPS) is 17.1. The monoisotopic (exact) mass is 268 g/mol. The van der Waals surface area contributed by atoms with E-state index in [0.717, 1.165) is 30.6 Å². The van der Waals surface area contributed by atoms with E-state index in [1.807, 2.05) is 18.3 Å². The fraction of sp³-hybridized carbons (Fsp3) is 0.786. The van der Waals surface area contributed by atoms with Gasteiger partial charge in [-0.05, 0) is 39.7 Å². The molecule has 0 spiro atoms. The predicted molar refractivity (Wildman–Crippen MR) is 76.1 cm³/mol. The molecular weight excluding hydrogens is 244 g/mol. The Hall–Kier alpha value is -0.450. The van der Waals surface area contributed by atoms with Crippen LogP contribution in [0.3, 0.4) is 0 Å². The average molecular weight is 268 g/mol. The van der Waals surface area contributed by atoms with E-state index in [-0.39, 0.29) is 6.10 Å². The maximum atomic E-state index is 5.65. The van der Waals surface area contributed by atoms with Gasteiger partial charge in [0.25, 0.3) is 0 Å². The molecule has 1 atom stereocenters. The summed E-state index contributed by atoms with van der Waals surface area (Å²) in [6.07, 6.45) is 3.94. The summed E-state index contributed by atoms with van der Waals surface area (Å²) in [6.45, 7) is 9.14. The quantitative estimate of drug-likeness (QED) is 0.731. The summed E-state index contributed by atoms with van der Waals surface area (Å²) in [5.41, 5.74) is 1.34. The third kappa shape index (κ3) is 3.53. The van der Waals surface area contributed by atoms with Crippen LogP contribution in [0.5, 0.6) is 0 Å². The Morgan fingerprint density at radius 2 is 2.22 bits per heavy atom. The molecule has 4 heteroatoms. The van der Waals surface area contributed by atoms with Crippen molar-refractivity contribution >= 4 is 11.3 Å². The second-order valence-corrected chi connectivity index (χ2v) is 6.02. The number of thiazole rings is 1. The maximum Gasteiger partial charge on any atom is 0.122 e. The van der Waals surface area contributed by atoms with E-state index in [1.54, 1.807) is 0 Å². The zero-order chi connectivity index (χ0) is 13.0. The lowest BCUT2D eigenvalue weighted by Gasteiger charge is -2.06. The fourth-order valence-electron chi connectivity index (χ4n) is 2.06. The van der Waals surface area contributed by atoms with Crippen LogP contribution in [0.1, 0.15) is 67.6 Å². The molecule has 0 aliphatic heterocycles. The lowest BCUT2D eigenvalue weighted by Crippen LogP contribution is -2.13. The summed E-state index contributed by atoms with van der Waals surface area (Å²) < 4.78 is 5.65. The molecule has 0 bridgehead atoms. The van der Waals surface area contributed by atoms with Crippen molar-refractivity contribution in [3.63, 3.8) is 0 Å². The van der Waals surface area contributed by atoms with Crippen LogP contribution >= 0.6 is 11.3 Å². The maximum absolute atomic E-state index is 5.65. The minimum absolute atomic E-state index is 0.137. The zero-order valence-corrected chi connectivity index (χ0v) is 12.5. The summed E-state index contributed by atoms with van der Waals surface area (Å²) in [7, 11) is 0. The molecule has 1 aliphatic carbocycles.